The van der Waals surface area contributed by atoms with Gasteiger partial charge in [-0.2, -0.15) is 13.2 Å². The molecule has 2 heterocycles. The van der Waals surface area contributed by atoms with Gasteiger partial charge in [0.25, 0.3) is 0 Å². The van der Waals surface area contributed by atoms with E-state index < -0.39 is 18.6 Å². The summed E-state index contributed by atoms with van der Waals surface area (Å²) in [4.78, 5) is 19.0. The van der Waals surface area contributed by atoms with E-state index in [9.17, 15) is 23.1 Å². The molecular weight excluding hydrogens is 473 g/mol. The largest absolute Gasteiger partial charge is 0.496 e. The first-order valence-electron chi connectivity index (χ1n) is 11.8. The van der Waals surface area contributed by atoms with E-state index in [1.54, 1.807) is 32.4 Å². The molecule has 0 bridgehead atoms. The first-order valence-corrected chi connectivity index (χ1v) is 11.8. The van der Waals surface area contributed by atoms with E-state index in [4.69, 9.17) is 4.74 Å². The van der Waals surface area contributed by atoms with Crippen molar-refractivity contribution in [2.45, 2.75) is 32.1 Å². The highest BCUT2D eigenvalue weighted by Crippen LogP contribution is 2.36. The molecule has 1 aromatic heterocycles. The van der Waals surface area contributed by atoms with Gasteiger partial charge in [-0.05, 0) is 42.3 Å². The summed E-state index contributed by atoms with van der Waals surface area (Å²) in [6.45, 7) is 3.93. The predicted molar refractivity (Wildman–Crippen MR) is 133 cm³/mol. The number of aromatic nitrogens is 1. The maximum Gasteiger partial charge on any atom is 0.390 e. The number of aryl methyl sites for hydroxylation is 1. The van der Waals surface area contributed by atoms with Crippen LogP contribution in [0, 0.1) is 6.92 Å². The molecule has 0 spiro atoms. The number of halogens is 3. The van der Waals surface area contributed by atoms with Gasteiger partial charge in [-0.25, -0.2) is 4.79 Å². The number of carboxylic acid groups (broad SMARTS) is 1. The lowest BCUT2D eigenvalue weighted by molar-refractivity contribution is -0.139. The number of rotatable bonds is 8. The first-order chi connectivity index (χ1) is 17.1. The lowest BCUT2D eigenvalue weighted by Crippen LogP contribution is -2.48. The number of fused-ring (bicyclic) bond motifs is 1. The van der Waals surface area contributed by atoms with Gasteiger partial charge in [-0.3, -0.25) is 9.80 Å². The highest BCUT2D eigenvalue weighted by molar-refractivity contribution is 5.94. The van der Waals surface area contributed by atoms with E-state index in [0.29, 0.717) is 31.9 Å². The van der Waals surface area contributed by atoms with Crippen LogP contribution in [0.15, 0.2) is 36.5 Å². The van der Waals surface area contributed by atoms with Crippen LogP contribution in [-0.4, -0.2) is 72.4 Å². The normalized spacial score (nSPS) is 17.4. The average Bonchev–Trinajstić information content (AvgIpc) is 3.34. The van der Waals surface area contributed by atoms with Gasteiger partial charge < -0.3 is 20.1 Å². The fraction of sp³-hybridized carbons (Fsp3) is 0.423. The third kappa shape index (κ3) is 5.44. The molecule has 7 nitrogen and oxygen atoms in total. The molecule has 1 fully saturated rings. The lowest BCUT2D eigenvalue weighted by Gasteiger charge is -2.42. The first kappa shape index (κ1) is 25.8. The molecule has 194 valence electrons. The van der Waals surface area contributed by atoms with Crippen LogP contribution in [-0.2, 0) is 6.54 Å². The lowest BCUT2D eigenvalue weighted by atomic mass is 9.97. The Hall–Kier alpha value is -3.24. The number of anilines is 1. The molecule has 2 aromatic carbocycles. The minimum Gasteiger partial charge on any atom is -0.496 e. The number of aromatic carboxylic acids is 1. The topological polar surface area (TPSA) is 80.8 Å². The Morgan fingerprint density at radius 1 is 1.25 bits per heavy atom. The number of H-pyrrole nitrogens is 1. The van der Waals surface area contributed by atoms with Crippen LogP contribution in [0.2, 0.25) is 0 Å². The Balaban J connectivity index is 1.70. The summed E-state index contributed by atoms with van der Waals surface area (Å²) in [7, 11) is 3.28. The second kappa shape index (κ2) is 10.4. The number of nitrogens with one attached hydrogen (secondary N) is 2. The molecular formula is C26H31F3N4O3. The van der Waals surface area contributed by atoms with Gasteiger partial charge in [0.15, 0.2) is 0 Å². The Labute approximate surface area is 207 Å². The number of ether oxygens (including phenoxy) is 1. The van der Waals surface area contributed by atoms with Crippen LogP contribution in [0.4, 0.5) is 18.9 Å². The van der Waals surface area contributed by atoms with Crippen LogP contribution in [0.3, 0.4) is 0 Å². The van der Waals surface area contributed by atoms with Crippen LogP contribution in [0.25, 0.3) is 10.9 Å². The van der Waals surface area contributed by atoms with Crippen molar-refractivity contribution in [2.24, 2.45) is 0 Å². The zero-order chi connectivity index (χ0) is 26.0. The molecule has 4 rings (SSSR count). The number of nitrogens with zero attached hydrogens (tertiary/aromatic N) is 2. The summed E-state index contributed by atoms with van der Waals surface area (Å²) in [5.74, 6) is -0.285. The molecule has 0 radical (unpaired) electrons. The second-order valence-corrected chi connectivity index (χ2v) is 9.15. The fourth-order valence-electron chi connectivity index (χ4n) is 5.02. The Bertz CT molecular complexity index is 1240. The number of carbonyl (C=O) groups is 1. The van der Waals surface area contributed by atoms with E-state index in [1.807, 2.05) is 30.2 Å². The van der Waals surface area contributed by atoms with E-state index >= 15 is 0 Å². The standard InChI is InChI=1S/C26H31F3N4O3/c1-16-12-23(36-3)20(18-6-8-31-24(16)18)14-33-11-10-32(9-7-26(27,28)29)15-22(33)17-4-5-19(25(34)35)21(13-17)30-2/h4-6,8,12-13,22,30-31H,7,9-11,14-15H2,1-3H3,(H,34,35)/t22-/m0/s1. The van der Waals surface area contributed by atoms with Gasteiger partial charge >= 0.3 is 12.1 Å². The van der Waals surface area contributed by atoms with E-state index in [0.717, 1.165) is 33.3 Å². The molecule has 3 aromatic rings. The van der Waals surface area contributed by atoms with Crippen LogP contribution in [0.1, 0.15) is 39.5 Å². The third-order valence-electron chi connectivity index (χ3n) is 6.91. The predicted octanol–water partition coefficient (Wildman–Crippen LogP) is 5.04. The smallest absolute Gasteiger partial charge is 0.390 e. The molecule has 1 aliphatic rings. The van der Waals surface area contributed by atoms with E-state index in [-0.39, 0.29) is 18.2 Å². The van der Waals surface area contributed by atoms with Crippen molar-refractivity contribution >= 4 is 22.6 Å². The minimum atomic E-state index is -4.22. The number of carboxylic acids is 1. The fourth-order valence-corrected chi connectivity index (χ4v) is 5.02. The maximum atomic E-state index is 12.9. The van der Waals surface area contributed by atoms with Crippen LogP contribution in [0.5, 0.6) is 5.75 Å². The molecule has 0 saturated carbocycles. The van der Waals surface area contributed by atoms with E-state index in [2.05, 4.69) is 15.2 Å². The minimum absolute atomic E-state index is 0.0736. The van der Waals surface area contributed by atoms with Crippen molar-refractivity contribution in [2.75, 3.05) is 45.7 Å². The SMILES string of the molecule is CNc1cc([C@@H]2CN(CCC(F)(F)F)CCN2Cc2c(OC)cc(C)c3[nH]ccc23)ccc1C(=O)O. The monoisotopic (exact) mass is 504 g/mol. The number of hydrogen-bond acceptors (Lipinski definition) is 5. The van der Waals surface area contributed by atoms with Gasteiger partial charge in [0.1, 0.15) is 5.75 Å². The number of hydrogen-bond donors (Lipinski definition) is 3. The Morgan fingerprint density at radius 2 is 2.03 bits per heavy atom. The Kier molecular flexibility index (Phi) is 7.46. The zero-order valence-corrected chi connectivity index (χ0v) is 20.6. The van der Waals surface area contributed by atoms with Crippen molar-refractivity contribution in [3.05, 3.63) is 58.8 Å². The average molecular weight is 505 g/mol. The molecule has 1 aliphatic heterocycles. The molecule has 0 aliphatic carbocycles. The summed E-state index contributed by atoms with van der Waals surface area (Å²) < 4.78 is 44.5. The summed E-state index contributed by atoms with van der Waals surface area (Å²) in [6, 6.07) is 8.86. The van der Waals surface area contributed by atoms with Crippen molar-refractivity contribution in [1.29, 1.82) is 0 Å². The van der Waals surface area contributed by atoms with Crippen molar-refractivity contribution in [3.63, 3.8) is 0 Å². The number of methoxy groups -OCH3 is 1. The Morgan fingerprint density at radius 3 is 2.69 bits per heavy atom. The summed E-state index contributed by atoms with van der Waals surface area (Å²) >= 11 is 0. The van der Waals surface area contributed by atoms with Gasteiger partial charge in [-0.15, -0.1) is 0 Å². The molecule has 0 unspecified atom stereocenters. The number of benzene rings is 2. The van der Waals surface area contributed by atoms with Crippen LogP contribution < -0.4 is 10.1 Å². The van der Waals surface area contributed by atoms with Crippen LogP contribution >= 0.6 is 0 Å². The number of aromatic amines is 1. The second-order valence-electron chi connectivity index (χ2n) is 9.15. The third-order valence-corrected chi connectivity index (χ3v) is 6.91. The quantitative estimate of drug-likeness (QED) is 0.399. The van der Waals surface area contributed by atoms with Gasteiger partial charge in [0, 0.05) is 74.2 Å². The highest BCUT2D eigenvalue weighted by atomic mass is 19.4. The van der Waals surface area contributed by atoms with Gasteiger partial charge in [-0.1, -0.05) is 6.07 Å². The molecule has 0 amide bonds. The maximum absolute atomic E-state index is 12.9. The summed E-state index contributed by atoms with van der Waals surface area (Å²) in [5, 5.41) is 13.5. The van der Waals surface area contributed by atoms with E-state index in [1.165, 1.54) is 0 Å². The summed E-state index contributed by atoms with van der Waals surface area (Å²) in [6.07, 6.45) is -3.20. The van der Waals surface area contributed by atoms with Gasteiger partial charge in [0.2, 0.25) is 0 Å². The summed E-state index contributed by atoms with van der Waals surface area (Å²) in [5.41, 5.74) is 4.54. The number of piperazine rings is 1. The molecule has 1 saturated heterocycles. The zero-order valence-electron chi connectivity index (χ0n) is 20.6. The molecule has 36 heavy (non-hydrogen) atoms. The van der Waals surface area contributed by atoms with Gasteiger partial charge in [0.05, 0.1) is 19.1 Å². The molecule has 3 N–H and O–H groups in total. The van der Waals surface area contributed by atoms with Crippen molar-refractivity contribution in [3.8, 4) is 5.75 Å². The molecule has 1 atom stereocenters. The van der Waals surface area contributed by atoms with Crippen molar-refractivity contribution in [1.82, 2.24) is 14.8 Å². The van der Waals surface area contributed by atoms with Crippen molar-refractivity contribution < 1.29 is 27.8 Å². The molecule has 10 heteroatoms. The highest BCUT2D eigenvalue weighted by Gasteiger charge is 2.33. The number of alkyl halides is 3.